The third-order valence-electron chi connectivity index (χ3n) is 3.00. The summed E-state index contributed by atoms with van der Waals surface area (Å²) in [6.45, 7) is 7.60. The minimum absolute atomic E-state index is 0.272. The molecule has 0 saturated carbocycles. The molecule has 0 amide bonds. The summed E-state index contributed by atoms with van der Waals surface area (Å²) < 4.78 is 0. The van der Waals surface area contributed by atoms with E-state index in [0.717, 1.165) is 46.1 Å². The summed E-state index contributed by atoms with van der Waals surface area (Å²) >= 11 is 0. The summed E-state index contributed by atoms with van der Waals surface area (Å²) in [7, 11) is 2.15. The molecule has 2 heterocycles. The number of aliphatic hydroxyl groups excluding tert-OH is 1. The summed E-state index contributed by atoms with van der Waals surface area (Å²) in [6.07, 6.45) is 0. The van der Waals surface area contributed by atoms with Crippen LogP contribution < -0.4 is 0 Å². The van der Waals surface area contributed by atoms with Crippen LogP contribution in [0.3, 0.4) is 0 Å². The predicted octanol–water partition coefficient (Wildman–Crippen LogP) is -1.33. The van der Waals surface area contributed by atoms with Crippen LogP contribution in [0.4, 0.5) is 0 Å². The Labute approximate surface area is 85.5 Å². The lowest BCUT2D eigenvalue weighted by Gasteiger charge is -2.27. The molecule has 0 spiro atoms. The molecule has 82 valence electrons. The Morgan fingerprint density at radius 2 is 1.71 bits per heavy atom. The van der Waals surface area contributed by atoms with Gasteiger partial charge in [-0.05, 0) is 7.05 Å². The first-order valence-corrected chi connectivity index (χ1v) is 5.31. The van der Waals surface area contributed by atoms with Gasteiger partial charge in [0, 0.05) is 32.7 Å². The summed E-state index contributed by atoms with van der Waals surface area (Å²) in [6, 6.07) is 0. The van der Waals surface area contributed by atoms with Crippen LogP contribution in [0.2, 0.25) is 0 Å². The molecule has 0 bridgehead atoms. The fourth-order valence-corrected chi connectivity index (χ4v) is 2.12. The zero-order valence-corrected chi connectivity index (χ0v) is 8.89. The fourth-order valence-electron chi connectivity index (χ4n) is 2.12. The summed E-state index contributed by atoms with van der Waals surface area (Å²) in [5.74, 6) is 0. The highest BCUT2D eigenvalue weighted by Crippen LogP contribution is 2.12. The van der Waals surface area contributed by atoms with Crippen LogP contribution >= 0.6 is 0 Å². The maximum Gasteiger partial charge on any atom is 0.0650 e. The number of hydrogen-bond donors (Lipinski definition) is 1. The van der Waals surface area contributed by atoms with Gasteiger partial charge < -0.3 is 5.11 Å². The van der Waals surface area contributed by atoms with Gasteiger partial charge in [0.15, 0.2) is 0 Å². The number of rotatable bonds is 3. The maximum atomic E-state index is 8.84. The van der Waals surface area contributed by atoms with Gasteiger partial charge in [-0.1, -0.05) is 0 Å². The van der Waals surface area contributed by atoms with E-state index in [1.807, 2.05) is 0 Å². The topological polar surface area (TPSA) is 33.2 Å². The van der Waals surface area contributed by atoms with Gasteiger partial charge in [-0.15, -0.1) is 0 Å². The van der Waals surface area contributed by atoms with Gasteiger partial charge in [0.2, 0.25) is 0 Å². The second-order valence-corrected chi connectivity index (χ2v) is 4.16. The van der Waals surface area contributed by atoms with Gasteiger partial charge in [-0.25, -0.2) is 10.0 Å². The van der Waals surface area contributed by atoms with Crippen LogP contribution in [-0.2, 0) is 0 Å². The number of likely N-dealkylation sites (N-methyl/N-ethyl adjacent to an activating group) is 1. The minimum Gasteiger partial charge on any atom is -0.395 e. The van der Waals surface area contributed by atoms with Crippen molar-refractivity contribution in [2.24, 2.45) is 0 Å². The lowest BCUT2D eigenvalue weighted by atomic mass is 10.5. The van der Waals surface area contributed by atoms with E-state index in [9.17, 15) is 0 Å². The molecule has 14 heavy (non-hydrogen) atoms. The third-order valence-corrected chi connectivity index (χ3v) is 3.00. The molecule has 1 N–H and O–H groups in total. The summed E-state index contributed by atoms with van der Waals surface area (Å²) in [4.78, 5) is 4.62. The van der Waals surface area contributed by atoms with Gasteiger partial charge in [0.25, 0.3) is 0 Å². The van der Waals surface area contributed by atoms with Crippen LogP contribution in [-0.4, -0.2) is 84.6 Å². The van der Waals surface area contributed by atoms with Gasteiger partial charge in [0.05, 0.1) is 19.9 Å². The average Bonchev–Trinajstić information content (AvgIpc) is 2.74. The van der Waals surface area contributed by atoms with Crippen LogP contribution in [0.5, 0.6) is 0 Å². The van der Waals surface area contributed by atoms with Gasteiger partial charge >= 0.3 is 0 Å². The Balaban J connectivity index is 1.78. The standard InChI is InChI=1S/C9H20N4O/c1-10-2-4-12(8-10)13-5-3-11(9-13)6-7-14/h14H,2-9H2,1H3. The van der Waals surface area contributed by atoms with Crippen LogP contribution in [0.15, 0.2) is 0 Å². The number of aliphatic hydroxyl groups is 1. The van der Waals surface area contributed by atoms with Gasteiger partial charge in [-0.2, -0.15) is 0 Å². The van der Waals surface area contributed by atoms with Gasteiger partial charge in [0.1, 0.15) is 0 Å². The van der Waals surface area contributed by atoms with E-state index in [4.69, 9.17) is 5.11 Å². The smallest absolute Gasteiger partial charge is 0.0650 e. The van der Waals surface area contributed by atoms with Crippen molar-refractivity contribution in [2.45, 2.75) is 0 Å². The van der Waals surface area contributed by atoms with E-state index in [1.165, 1.54) is 0 Å². The number of β-amino-alcohol motifs (C(OH)–C–C–N with tert-alkyl or cyclic N) is 1. The van der Waals surface area contributed by atoms with E-state index in [-0.39, 0.29) is 6.61 Å². The number of nitrogens with zero attached hydrogens (tertiary/aromatic N) is 4. The van der Waals surface area contributed by atoms with Crippen molar-refractivity contribution in [1.29, 1.82) is 0 Å². The fraction of sp³-hybridized carbons (Fsp3) is 1.00. The van der Waals surface area contributed by atoms with Crippen molar-refractivity contribution in [3.63, 3.8) is 0 Å². The molecule has 2 fully saturated rings. The molecular weight excluding hydrogens is 180 g/mol. The van der Waals surface area contributed by atoms with Crippen LogP contribution in [0.25, 0.3) is 0 Å². The second-order valence-electron chi connectivity index (χ2n) is 4.16. The summed E-state index contributed by atoms with van der Waals surface area (Å²) in [5.41, 5.74) is 0. The molecule has 0 radical (unpaired) electrons. The predicted molar refractivity (Wildman–Crippen MR) is 54.4 cm³/mol. The Morgan fingerprint density at radius 3 is 2.36 bits per heavy atom. The molecule has 2 aliphatic rings. The van der Waals surface area contributed by atoms with Crippen molar-refractivity contribution < 1.29 is 5.11 Å². The highest BCUT2D eigenvalue weighted by atomic mass is 16.3. The Kier molecular flexibility index (Phi) is 3.35. The van der Waals surface area contributed by atoms with E-state index >= 15 is 0 Å². The molecule has 5 nitrogen and oxygen atoms in total. The third kappa shape index (κ3) is 2.24. The number of hydrogen-bond acceptors (Lipinski definition) is 5. The van der Waals surface area contributed by atoms with Crippen molar-refractivity contribution in [3.05, 3.63) is 0 Å². The first-order valence-electron chi connectivity index (χ1n) is 5.31. The SMILES string of the molecule is CN1CCN(N2CCN(CCO)C2)C1. The van der Waals surface area contributed by atoms with Crippen LogP contribution in [0, 0.1) is 0 Å². The van der Waals surface area contributed by atoms with E-state index < -0.39 is 0 Å². The Hall–Kier alpha value is -0.200. The monoisotopic (exact) mass is 200 g/mol. The Morgan fingerprint density at radius 1 is 1.00 bits per heavy atom. The molecule has 0 aromatic rings. The Bertz CT molecular complexity index is 190. The lowest BCUT2D eigenvalue weighted by molar-refractivity contribution is -0.00764. The lowest BCUT2D eigenvalue weighted by Crippen LogP contribution is -2.41. The molecule has 5 heteroatoms. The molecule has 0 unspecified atom stereocenters. The summed E-state index contributed by atoms with van der Waals surface area (Å²) in [5, 5.41) is 13.6. The first kappa shape index (κ1) is 10.3. The second kappa shape index (κ2) is 4.55. The highest BCUT2D eigenvalue weighted by Gasteiger charge is 2.27. The van der Waals surface area contributed by atoms with Gasteiger partial charge in [-0.3, -0.25) is 9.80 Å². The first-order chi connectivity index (χ1) is 6.79. The maximum absolute atomic E-state index is 8.84. The van der Waals surface area contributed by atoms with Crippen molar-refractivity contribution in [1.82, 2.24) is 19.8 Å². The number of hydrazine groups is 1. The molecule has 0 atom stereocenters. The van der Waals surface area contributed by atoms with E-state index in [0.29, 0.717) is 0 Å². The molecule has 0 aromatic heterocycles. The van der Waals surface area contributed by atoms with Crippen LogP contribution in [0.1, 0.15) is 0 Å². The molecule has 2 aliphatic heterocycles. The molecular formula is C9H20N4O. The normalized spacial score (nSPS) is 27.9. The van der Waals surface area contributed by atoms with Crippen molar-refractivity contribution >= 4 is 0 Å². The molecule has 2 rings (SSSR count). The largest absolute Gasteiger partial charge is 0.395 e. The zero-order valence-electron chi connectivity index (χ0n) is 8.89. The van der Waals surface area contributed by atoms with E-state index in [1.54, 1.807) is 0 Å². The van der Waals surface area contributed by atoms with E-state index in [2.05, 4.69) is 26.9 Å². The quantitative estimate of drug-likeness (QED) is 0.611. The zero-order chi connectivity index (χ0) is 9.97. The molecule has 0 aromatic carbocycles. The molecule has 0 aliphatic carbocycles. The van der Waals surface area contributed by atoms with Crippen molar-refractivity contribution in [3.8, 4) is 0 Å². The molecule has 2 saturated heterocycles. The highest BCUT2D eigenvalue weighted by molar-refractivity contribution is 4.73. The average molecular weight is 200 g/mol. The minimum atomic E-state index is 0.272. The van der Waals surface area contributed by atoms with Crippen molar-refractivity contribution in [2.75, 3.05) is 59.7 Å².